The predicted octanol–water partition coefficient (Wildman–Crippen LogP) is 3.02. The maximum Gasteiger partial charge on any atom is 0.0276 e. The van der Waals surface area contributed by atoms with Crippen molar-refractivity contribution in [2.24, 2.45) is 11.7 Å². The van der Waals surface area contributed by atoms with E-state index >= 15 is 0 Å². The summed E-state index contributed by atoms with van der Waals surface area (Å²) in [6, 6.07) is 0.665. The van der Waals surface area contributed by atoms with Crippen LogP contribution in [-0.4, -0.2) is 30.1 Å². The van der Waals surface area contributed by atoms with Gasteiger partial charge in [-0.15, -0.1) is 0 Å². The summed E-state index contributed by atoms with van der Waals surface area (Å²) in [4.78, 5) is 0. The molecule has 2 atom stereocenters. The zero-order chi connectivity index (χ0) is 12.7. The molecule has 0 aromatic rings. The second-order valence-electron chi connectivity index (χ2n) is 5.36. The first-order valence-corrected chi connectivity index (χ1v) is 8.42. The Bertz CT molecular complexity index is 196. The number of rotatable bonds is 7. The highest BCUT2D eigenvalue weighted by Gasteiger charge is 2.29. The Balaban J connectivity index is 2.46. The van der Waals surface area contributed by atoms with Crippen molar-refractivity contribution in [2.75, 3.05) is 19.3 Å². The van der Waals surface area contributed by atoms with E-state index in [2.05, 4.69) is 25.4 Å². The molecule has 0 amide bonds. The van der Waals surface area contributed by atoms with E-state index in [9.17, 15) is 0 Å². The molecule has 0 aromatic heterocycles. The molecule has 1 fully saturated rings. The van der Waals surface area contributed by atoms with Gasteiger partial charge in [0.1, 0.15) is 0 Å². The van der Waals surface area contributed by atoms with Gasteiger partial charge in [-0.25, -0.2) is 0 Å². The third-order valence-electron chi connectivity index (χ3n) is 4.62. The Kier molecular flexibility index (Phi) is 6.90. The summed E-state index contributed by atoms with van der Waals surface area (Å²) in [5, 5.41) is 3.82. The van der Waals surface area contributed by atoms with Crippen LogP contribution in [-0.2, 0) is 0 Å². The van der Waals surface area contributed by atoms with E-state index in [-0.39, 0.29) is 0 Å². The van der Waals surface area contributed by atoms with E-state index in [4.69, 9.17) is 5.73 Å². The van der Waals surface area contributed by atoms with Gasteiger partial charge in [0.15, 0.2) is 0 Å². The van der Waals surface area contributed by atoms with Crippen LogP contribution < -0.4 is 11.1 Å². The van der Waals surface area contributed by atoms with Gasteiger partial charge in [0.2, 0.25) is 0 Å². The van der Waals surface area contributed by atoms with Crippen LogP contribution in [0.15, 0.2) is 0 Å². The third kappa shape index (κ3) is 4.15. The molecule has 1 saturated carbocycles. The van der Waals surface area contributed by atoms with Crippen molar-refractivity contribution in [3.63, 3.8) is 0 Å². The minimum atomic E-state index is 0.427. The number of thioether (sulfide) groups is 1. The fraction of sp³-hybridized carbons (Fsp3) is 1.00. The van der Waals surface area contributed by atoms with Crippen molar-refractivity contribution < 1.29 is 0 Å². The summed E-state index contributed by atoms with van der Waals surface area (Å²) in [5.74, 6) is 0.706. The molecule has 0 aromatic carbocycles. The standard InChI is InChI=1S/C14H30N2S/c1-4-14(5-2,17-3)11-16-13-9-7-6-8-12(13)10-15/h12-13,16H,4-11,15H2,1-3H3. The maximum atomic E-state index is 5.89. The lowest BCUT2D eigenvalue weighted by Gasteiger charge is -2.36. The normalized spacial score (nSPS) is 26.1. The smallest absolute Gasteiger partial charge is 0.0276 e. The lowest BCUT2D eigenvalue weighted by Crippen LogP contribution is -2.47. The van der Waals surface area contributed by atoms with Gasteiger partial charge in [-0.2, -0.15) is 11.8 Å². The van der Waals surface area contributed by atoms with Crippen LogP contribution in [0.4, 0.5) is 0 Å². The molecule has 102 valence electrons. The van der Waals surface area contributed by atoms with Crippen molar-refractivity contribution in [1.82, 2.24) is 5.32 Å². The molecule has 0 heterocycles. The fourth-order valence-corrected chi connectivity index (χ4v) is 3.74. The van der Waals surface area contributed by atoms with Crippen molar-refractivity contribution >= 4 is 11.8 Å². The number of hydrogen-bond acceptors (Lipinski definition) is 3. The van der Waals surface area contributed by atoms with Crippen LogP contribution in [0.1, 0.15) is 52.4 Å². The monoisotopic (exact) mass is 258 g/mol. The van der Waals surface area contributed by atoms with Gasteiger partial charge >= 0.3 is 0 Å². The molecular weight excluding hydrogens is 228 g/mol. The Morgan fingerprint density at radius 2 is 1.88 bits per heavy atom. The Labute approximate surface area is 111 Å². The molecule has 0 spiro atoms. The lowest BCUT2D eigenvalue weighted by atomic mass is 9.84. The molecule has 1 aliphatic carbocycles. The molecule has 3 heteroatoms. The maximum absolute atomic E-state index is 5.89. The second kappa shape index (κ2) is 7.65. The number of nitrogens with one attached hydrogen (secondary N) is 1. The molecule has 0 saturated heterocycles. The summed E-state index contributed by atoms with van der Waals surface area (Å²) in [6.45, 7) is 6.61. The molecule has 3 N–H and O–H groups in total. The SMILES string of the molecule is CCC(CC)(CNC1CCCCC1CN)SC. The van der Waals surface area contributed by atoms with Crippen LogP contribution in [0.2, 0.25) is 0 Å². The van der Waals surface area contributed by atoms with Crippen LogP contribution in [0, 0.1) is 5.92 Å². The van der Waals surface area contributed by atoms with E-state index in [0.717, 1.165) is 13.1 Å². The van der Waals surface area contributed by atoms with Crippen molar-refractivity contribution in [3.05, 3.63) is 0 Å². The molecular formula is C14H30N2S. The van der Waals surface area contributed by atoms with E-state index in [0.29, 0.717) is 16.7 Å². The quantitative estimate of drug-likeness (QED) is 0.737. The summed E-state index contributed by atoms with van der Waals surface area (Å²) >= 11 is 2.02. The first kappa shape index (κ1) is 15.3. The van der Waals surface area contributed by atoms with Crippen molar-refractivity contribution in [3.8, 4) is 0 Å². The topological polar surface area (TPSA) is 38.0 Å². The highest BCUT2D eigenvalue weighted by molar-refractivity contribution is 8.00. The minimum Gasteiger partial charge on any atom is -0.330 e. The number of nitrogens with two attached hydrogens (primary N) is 1. The van der Waals surface area contributed by atoms with Gasteiger partial charge in [-0.1, -0.05) is 26.7 Å². The first-order valence-electron chi connectivity index (χ1n) is 7.20. The van der Waals surface area contributed by atoms with Crippen LogP contribution in [0.5, 0.6) is 0 Å². The predicted molar refractivity (Wildman–Crippen MR) is 79.6 cm³/mol. The lowest BCUT2D eigenvalue weighted by molar-refractivity contribution is 0.259. The molecule has 2 unspecified atom stereocenters. The van der Waals surface area contributed by atoms with Gasteiger partial charge in [0.05, 0.1) is 0 Å². The summed E-state index contributed by atoms with van der Waals surface area (Å²) in [5.41, 5.74) is 5.89. The Morgan fingerprint density at radius 1 is 1.24 bits per heavy atom. The van der Waals surface area contributed by atoms with Crippen LogP contribution >= 0.6 is 11.8 Å². The zero-order valence-corrected chi connectivity index (χ0v) is 12.6. The third-order valence-corrected chi connectivity index (χ3v) is 6.21. The van der Waals surface area contributed by atoms with Crippen molar-refractivity contribution in [2.45, 2.75) is 63.2 Å². The van der Waals surface area contributed by atoms with E-state index in [1.54, 1.807) is 0 Å². The van der Waals surface area contributed by atoms with E-state index in [1.165, 1.54) is 38.5 Å². The molecule has 2 nitrogen and oxygen atoms in total. The van der Waals surface area contributed by atoms with Gasteiger partial charge < -0.3 is 11.1 Å². The molecule has 0 radical (unpaired) electrons. The Hall–Kier alpha value is 0.270. The fourth-order valence-electron chi connectivity index (χ4n) is 2.94. The molecule has 17 heavy (non-hydrogen) atoms. The van der Waals surface area contributed by atoms with Crippen LogP contribution in [0.25, 0.3) is 0 Å². The molecule has 0 bridgehead atoms. The van der Waals surface area contributed by atoms with E-state index in [1.807, 2.05) is 11.8 Å². The summed E-state index contributed by atoms with van der Waals surface area (Å²) in [6.07, 6.45) is 10.1. The molecule has 1 aliphatic rings. The van der Waals surface area contributed by atoms with Gasteiger partial charge in [-0.3, -0.25) is 0 Å². The molecule has 1 rings (SSSR count). The minimum absolute atomic E-state index is 0.427. The average Bonchev–Trinajstić information content (AvgIpc) is 2.41. The average molecular weight is 258 g/mol. The summed E-state index contributed by atoms with van der Waals surface area (Å²) < 4.78 is 0.427. The Morgan fingerprint density at radius 3 is 2.41 bits per heavy atom. The van der Waals surface area contributed by atoms with Crippen LogP contribution in [0.3, 0.4) is 0 Å². The van der Waals surface area contributed by atoms with E-state index < -0.39 is 0 Å². The van der Waals surface area contributed by atoms with Crippen molar-refractivity contribution in [1.29, 1.82) is 0 Å². The van der Waals surface area contributed by atoms with Gasteiger partial charge in [-0.05, 0) is 44.4 Å². The zero-order valence-electron chi connectivity index (χ0n) is 11.8. The highest BCUT2D eigenvalue weighted by Crippen LogP contribution is 2.31. The van der Waals surface area contributed by atoms with Gasteiger partial charge in [0.25, 0.3) is 0 Å². The number of hydrogen-bond donors (Lipinski definition) is 2. The first-order chi connectivity index (χ1) is 8.21. The largest absolute Gasteiger partial charge is 0.330 e. The summed E-state index contributed by atoms with van der Waals surface area (Å²) in [7, 11) is 0. The molecule has 0 aliphatic heterocycles. The van der Waals surface area contributed by atoms with Gasteiger partial charge in [0, 0.05) is 17.3 Å². The highest BCUT2D eigenvalue weighted by atomic mass is 32.2. The second-order valence-corrected chi connectivity index (χ2v) is 6.64.